The van der Waals surface area contributed by atoms with Crippen LogP contribution in [0.3, 0.4) is 0 Å². The third-order valence-electron chi connectivity index (χ3n) is 5.19. The standard InChI is InChI=1S/C24H30N4O3S/c1-5-28-19(13-14-25-28)20-11-12-21(32-20)22(29)26-18(15-17-9-7-6-8-10-17)16-27(23(30)31)24(2,3)4/h6-14,18H,5,15-16H2,1-4H3,(H,26,29)(H,30,31)/p-1. The minimum Gasteiger partial charge on any atom is -0.530 e. The van der Waals surface area contributed by atoms with E-state index in [2.05, 4.69) is 10.4 Å². The van der Waals surface area contributed by atoms with Gasteiger partial charge < -0.3 is 20.1 Å². The smallest absolute Gasteiger partial charge is 0.261 e. The van der Waals surface area contributed by atoms with Gasteiger partial charge in [0.2, 0.25) is 0 Å². The summed E-state index contributed by atoms with van der Waals surface area (Å²) in [5.41, 5.74) is 1.34. The van der Waals surface area contributed by atoms with Crippen LogP contribution in [0.4, 0.5) is 4.79 Å². The number of hydrogen-bond donors (Lipinski definition) is 1. The first-order chi connectivity index (χ1) is 15.2. The molecular weight excluding hydrogens is 424 g/mol. The number of nitrogens with zero attached hydrogens (tertiary/aromatic N) is 3. The topological polar surface area (TPSA) is 90.3 Å². The monoisotopic (exact) mass is 453 g/mol. The van der Waals surface area contributed by atoms with Crippen molar-refractivity contribution >= 4 is 23.3 Å². The van der Waals surface area contributed by atoms with E-state index in [1.165, 1.54) is 16.2 Å². The van der Waals surface area contributed by atoms with Crippen molar-refractivity contribution in [1.29, 1.82) is 0 Å². The molecule has 0 fully saturated rings. The summed E-state index contributed by atoms with van der Waals surface area (Å²) in [6.07, 6.45) is 0.999. The Morgan fingerprint density at radius 1 is 1.16 bits per heavy atom. The number of carbonyl (C=O) groups is 2. The maximum atomic E-state index is 13.1. The third kappa shape index (κ3) is 5.76. The fraction of sp³-hybridized carbons (Fsp3) is 0.375. The second-order valence-corrected chi connectivity index (χ2v) is 9.69. The molecule has 8 heteroatoms. The Labute approximate surface area is 192 Å². The number of rotatable bonds is 8. The van der Waals surface area contributed by atoms with Gasteiger partial charge in [-0.15, -0.1) is 11.3 Å². The van der Waals surface area contributed by atoms with Crippen molar-refractivity contribution in [1.82, 2.24) is 20.0 Å². The van der Waals surface area contributed by atoms with Crippen LogP contribution in [0.15, 0.2) is 54.7 Å². The molecule has 1 unspecified atom stereocenters. The van der Waals surface area contributed by atoms with Crippen LogP contribution in [0.25, 0.3) is 10.6 Å². The fourth-order valence-corrected chi connectivity index (χ4v) is 4.49. The van der Waals surface area contributed by atoms with Gasteiger partial charge in [-0.2, -0.15) is 5.10 Å². The van der Waals surface area contributed by atoms with E-state index < -0.39 is 17.7 Å². The Morgan fingerprint density at radius 3 is 2.50 bits per heavy atom. The molecule has 1 N–H and O–H groups in total. The first kappa shape index (κ1) is 23.5. The summed E-state index contributed by atoms with van der Waals surface area (Å²) in [6, 6.07) is 14.9. The first-order valence-electron chi connectivity index (χ1n) is 10.6. The van der Waals surface area contributed by atoms with Crippen LogP contribution in [0, 0.1) is 0 Å². The van der Waals surface area contributed by atoms with E-state index in [0.717, 1.165) is 22.7 Å². The molecule has 0 radical (unpaired) electrons. The molecule has 0 spiro atoms. The second-order valence-electron chi connectivity index (χ2n) is 8.60. The zero-order chi connectivity index (χ0) is 23.3. The summed E-state index contributed by atoms with van der Waals surface area (Å²) < 4.78 is 1.88. The maximum absolute atomic E-state index is 13.1. The number of aromatic nitrogens is 2. The molecule has 1 aromatic carbocycles. The number of aryl methyl sites for hydroxylation is 1. The zero-order valence-corrected chi connectivity index (χ0v) is 19.7. The normalized spacial score (nSPS) is 12.4. The summed E-state index contributed by atoms with van der Waals surface area (Å²) in [5, 5.41) is 19.1. The second kappa shape index (κ2) is 9.99. The lowest BCUT2D eigenvalue weighted by Crippen LogP contribution is -2.57. The van der Waals surface area contributed by atoms with Gasteiger partial charge in [-0.3, -0.25) is 9.48 Å². The highest BCUT2D eigenvalue weighted by Crippen LogP contribution is 2.28. The Balaban J connectivity index is 1.81. The SMILES string of the molecule is CCn1nccc1-c1ccc(C(=O)NC(Cc2ccccc2)CN(C(=O)[O-])C(C)(C)C)s1. The predicted molar refractivity (Wildman–Crippen MR) is 124 cm³/mol. The molecule has 0 aliphatic rings. The molecule has 2 heterocycles. The fourth-order valence-electron chi connectivity index (χ4n) is 3.55. The van der Waals surface area contributed by atoms with Gasteiger partial charge in [-0.25, -0.2) is 0 Å². The van der Waals surface area contributed by atoms with Crippen LogP contribution in [-0.2, 0) is 13.0 Å². The van der Waals surface area contributed by atoms with Crippen LogP contribution in [0.2, 0.25) is 0 Å². The van der Waals surface area contributed by atoms with E-state index >= 15 is 0 Å². The number of amides is 2. The molecule has 2 amide bonds. The van der Waals surface area contributed by atoms with Crippen molar-refractivity contribution in [2.75, 3.05) is 6.54 Å². The average molecular weight is 454 g/mol. The molecule has 0 bridgehead atoms. The first-order valence-corrected chi connectivity index (χ1v) is 11.5. The van der Waals surface area contributed by atoms with Crippen LogP contribution < -0.4 is 10.4 Å². The zero-order valence-electron chi connectivity index (χ0n) is 18.9. The summed E-state index contributed by atoms with van der Waals surface area (Å²) >= 11 is 1.39. The Morgan fingerprint density at radius 2 is 1.88 bits per heavy atom. The van der Waals surface area contributed by atoms with Gasteiger partial charge in [0.15, 0.2) is 0 Å². The minimum absolute atomic E-state index is 0.132. The summed E-state index contributed by atoms with van der Waals surface area (Å²) in [5.74, 6) is -0.225. The van der Waals surface area contributed by atoms with Gasteiger partial charge in [-0.05, 0) is 57.9 Å². The van der Waals surface area contributed by atoms with Gasteiger partial charge in [0.1, 0.15) is 6.09 Å². The Hall–Kier alpha value is -3.13. The van der Waals surface area contributed by atoms with E-state index in [1.807, 2.05) is 74.8 Å². The summed E-state index contributed by atoms with van der Waals surface area (Å²) in [7, 11) is 0. The molecule has 170 valence electrons. The number of nitrogens with one attached hydrogen (secondary N) is 1. The molecule has 7 nitrogen and oxygen atoms in total. The highest BCUT2D eigenvalue weighted by Gasteiger charge is 2.26. The Bertz CT molecular complexity index is 1050. The molecule has 3 rings (SSSR count). The lowest BCUT2D eigenvalue weighted by molar-refractivity contribution is -0.270. The van der Waals surface area contributed by atoms with Gasteiger partial charge in [-0.1, -0.05) is 30.3 Å². The van der Waals surface area contributed by atoms with Crippen molar-refractivity contribution in [3.05, 3.63) is 65.2 Å². The molecule has 3 aromatic rings. The lowest BCUT2D eigenvalue weighted by atomic mass is 10.0. The van der Waals surface area contributed by atoms with E-state index in [4.69, 9.17) is 0 Å². The van der Waals surface area contributed by atoms with Crippen molar-refractivity contribution in [3.8, 4) is 10.6 Å². The molecule has 1 atom stereocenters. The molecule has 0 aliphatic heterocycles. The van der Waals surface area contributed by atoms with E-state index in [0.29, 0.717) is 11.3 Å². The van der Waals surface area contributed by atoms with Crippen molar-refractivity contribution in [2.24, 2.45) is 0 Å². The molecule has 2 aromatic heterocycles. The highest BCUT2D eigenvalue weighted by molar-refractivity contribution is 7.17. The Kier molecular flexibility index (Phi) is 7.35. The van der Waals surface area contributed by atoms with Gasteiger partial charge >= 0.3 is 0 Å². The number of hydrogen-bond acceptors (Lipinski definition) is 5. The molecule has 0 saturated heterocycles. The number of carbonyl (C=O) groups excluding carboxylic acids is 2. The van der Waals surface area contributed by atoms with Crippen molar-refractivity contribution in [3.63, 3.8) is 0 Å². The van der Waals surface area contributed by atoms with Crippen LogP contribution in [0.1, 0.15) is 42.9 Å². The molecular formula is C24H29N4O3S-. The van der Waals surface area contributed by atoms with Crippen LogP contribution in [-0.4, -0.2) is 44.8 Å². The van der Waals surface area contributed by atoms with Gasteiger partial charge in [0.05, 0.1) is 21.5 Å². The average Bonchev–Trinajstić information content (AvgIpc) is 3.40. The third-order valence-corrected chi connectivity index (χ3v) is 6.30. The molecule has 0 aliphatic carbocycles. The van der Waals surface area contributed by atoms with E-state index in [1.54, 1.807) is 12.3 Å². The summed E-state index contributed by atoms with van der Waals surface area (Å²) in [6.45, 7) is 8.33. The van der Waals surface area contributed by atoms with Gasteiger partial charge in [0.25, 0.3) is 5.91 Å². The molecule has 0 saturated carbocycles. The summed E-state index contributed by atoms with van der Waals surface area (Å²) in [4.78, 5) is 27.7. The maximum Gasteiger partial charge on any atom is 0.261 e. The van der Waals surface area contributed by atoms with Crippen molar-refractivity contribution in [2.45, 2.75) is 52.2 Å². The van der Waals surface area contributed by atoms with E-state index in [9.17, 15) is 14.7 Å². The number of benzene rings is 1. The van der Waals surface area contributed by atoms with Crippen LogP contribution >= 0.6 is 11.3 Å². The van der Waals surface area contributed by atoms with E-state index in [-0.39, 0.29) is 12.5 Å². The quantitative estimate of drug-likeness (QED) is 0.566. The number of carboxylic acid groups (broad SMARTS) is 1. The lowest BCUT2D eigenvalue weighted by Gasteiger charge is -2.40. The molecule has 32 heavy (non-hydrogen) atoms. The highest BCUT2D eigenvalue weighted by atomic mass is 32.1. The largest absolute Gasteiger partial charge is 0.530 e. The minimum atomic E-state index is -1.25. The van der Waals surface area contributed by atoms with Crippen molar-refractivity contribution < 1.29 is 14.7 Å². The van der Waals surface area contributed by atoms with Gasteiger partial charge in [0, 0.05) is 24.8 Å². The number of thiophene rings is 1. The predicted octanol–water partition coefficient (Wildman–Crippen LogP) is 3.42. The van der Waals surface area contributed by atoms with Crippen LogP contribution in [0.5, 0.6) is 0 Å².